The summed E-state index contributed by atoms with van der Waals surface area (Å²) in [6.07, 6.45) is 2.58. The second kappa shape index (κ2) is 6.37. The van der Waals surface area contributed by atoms with Gasteiger partial charge in [0.05, 0.1) is 26.4 Å². The van der Waals surface area contributed by atoms with E-state index in [0.29, 0.717) is 18.2 Å². The maximum atomic E-state index is 5.54. The van der Waals surface area contributed by atoms with Gasteiger partial charge >= 0.3 is 6.01 Å². The van der Waals surface area contributed by atoms with Crippen LogP contribution in [0.5, 0.6) is 11.9 Å². The van der Waals surface area contributed by atoms with E-state index in [1.807, 2.05) is 11.6 Å². The minimum Gasteiger partial charge on any atom is -0.481 e. The quantitative estimate of drug-likeness (QED) is 0.791. The first kappa shape index (κ1) is 15.5. The predicted octanol–water partition coefficient (Wildman–Crippen LogP) is 0.589. The van der Waals surface area contributed by atoms with Gasteiger partial charge in [0.25, 0.3) is 0 Å². The van der Waals surface area contributed by atoms with Crippen molar-refractivity contribution in [2.45, 2.75) is 18.6 Å². The van der Waals surface area contributed by atoms with Gasteiger partial charge in [-0.15, -0.1) is 10.2 Å². The van der Waals surface area contributed by atoms with E-state index in [1.165, 1.54) is 7.11 Å². The van der Waals surface area contributed by atoms with Crippen molar-refractivity contribution in [3.8, 4) is 11.9 Å². The molecule has 1 aliphatic rings. The lowest BCUT2D eigenvalue weighted by Crippen LogP contribution is -2.27. The second-order valence-corrected chi connectivity index (χ2v) is 5.32. The lowest BCUT2D eigenvalue weighted by molar-refractivity contribution is 0.118. The average molecular weight is 320 g/mol. The monoisotopic (exact) mass is 320 g/mol. The minimum atomic E-state index is 0.0109. The van der Waals surface area contributed by atoms with E-state index in [1.54, 1.807) is 26.6 Å². The first-order chi connectivity index (χ1) is 11.2. The Bertz CT molecular complexity index is 654. The van der Waals surface area contributed by atoms with Gasteiger partial charge in [-0.1, -0.05) is 0 Å². The van der Waals surface area contributed by atoms with E-state index >= 15 is 0 Å². The fraction of sp³-hybridized carbons (Fsp3) is 0.571. The largest absolute Gasteiger partial charge is 0.481 e. The number of ether oxygens (including phenoxy) is 3. The summed E-state index contributed by atoms with van der Waals surface area (Å²) in [5, 5.41) is 8.21. The van der Waals surface area contributed by atoms with Crippen molar-refractivity contribution in [3.63, 3.8) is 0 Å². The van der Waals surface area contributed by atoms with E-state index in [9.17, 15) is 0 Å². The van der Waals surface area contributed by atoms with Crippen LogP contribution in [0.4, 0.5) is 5.82 Å². The van der Waals surface area contributed by atoms with Gasteiger partial charge in [0.2, 0.25) is 5.88 Å². The molecule has 2 atom stereocenters. The number of rotatable bonds is 5. The summed E-state index contributed by atoms with van der Waals surface area (Å²) in [4.78, 5) is 10.7. The van der Waals surface area contributed by atoms with Gasteiger partial charge in [-0.3, -0.25) is 0 Å². The molecule has 23 heavy (non-hydrogen) atoms. The highest BCUT2D eigenvalue weighted by molar-refractivity contribution is 5.46. The molecule has 0 saturated carbocycles. The van der Waals surface area contributed by atoms with E-state index in [-0.39, 0.29) is 18.2 Å². The van der Waals surface area contributed by atoms with Crippen LogP contribution in [0.3, 0.4) is 0 Å². The van der Waals surface area contributed by atoms with Crippen LogP contribution in [0, 0.1) is 0 Å². The van der Waals surface area contributed by atoms with Crippen LogP contribution in [0.2, 0.25) is 0 Å². The zero-order valence-electron chi connectivity index (χ0n) is 13.6. The summed E-state index contributed by atoms with van der Waals surface area (Å²) in [6.45, 7) is 0.692. The maximum Gasteiger partial charge on any atom is 0.321 e. The highest BCUT2D eigenvalue weighted by atomic mass is 16.5. The predicted molar refractivity (Wildman–Crippen MR) is 81.6 cm³/mol. The number of methoxy groups -OCH3 is 3. The number of hydrogen-bond donors (Lipinski definition) is 0. The van der Waals surface area contributed by atoms with Crippen molar-refractivity contribution >= 4 is 5.82 Å². The zero-order chi connectivity index (χ0) is 16.4. The molecule has 124 valence electrons. The summed E-state index contributed by atoms with van der Waals surface area (Å²) in [7, 11) is 6.73. The molecule has 0 amide bonds. The Balaban J connectivity index is 2.00. The Labute approximate surface area is 134 Å². The zero-order valence-corrected chi connectivity index (χ0v) is 13.6. The summed E-state index contributed by atoms with van der Waals surface area (Å²) in [5.74, 6) is 2.02. The molecule has 2 aromatic heterocycles. The molecule has 1 saturated heterocycles. The smallest absolute Gasteiger partial charge is 0.321 e. The fourth-order valence-electron chi connectivity index (χ4n) is 2.80. The van der Waals surface area contributed by atoms with Crippen LogP contribution >= 0.6 is 0 Å². The number of hydrogen-bond acceptors (Lipinski definition) is 8. The molecule has 0 unspecified atom stereocenters. The molecule has 0 bridgehead atoms. The highest BCUT2D eigenvalue weighted by Gasteiger charge is 2.37. The molecule has 0 aliphatic carbocycles. The molecular formula is C14H20N6O3. The lowest BCUT2D eigenvalue weighted by atomic mass is 10.2. The Kier molecular flexibility index (Phi) is 4.28. The highest BCUT2D eigenvalue weighted by Crippen LogP contribution is 2.36. The molecule has 9 nitrogen and oxygen atoms in total. The molecule has 3 heterocycles. The first-order valence-electron chi connectivity index (χ1n) is 7.26. The number of aryl methyl sites for hydroxylation is 1. The minimum absolute atomic E-state index is 0.0109. The Morgan fingerprint density at radius 1 is 1.17 bits per heavy atom. The molecule has 0 aromatic carbocycles. The van der Waals surface area contributed by atoms with Crippen molar-refractivity contribution in [2.24, 2.45) is 7.05 Å². The van der Waals surface area contributed by atoms with Gasteiger partial charge in [0.1, 0.15) is 12.1 Å². The van der Waals surface area contributed by atoms with Crippen molar-refractivity contribution in [2.75, 3.05) is 32.8 Å². The van der Waals surface area contributed by atoms with E-state index in [2.05, 4.69) is 25.1 Å². The Morgan fingerprint density at radius 2 is 2.00 bits per heavy atom. The SMILES string of the molecule is COc1cc(N2C[C@H](OC)C[C@H]2c2nncn2C)nc(OC)n1. The molecule has 2 aromatic rings. The summed E-state index contributed by atoms with van der Waals surface area (Å²) < 4.78 is 17.9. The molecule has 3 rings (SSSR count). The molecule has 1 fully saturated rings. The van der Waals surface area contributed by atoms with Gasteiger partial charge in [-0.2, -0.15) is 9.97 Å². The van der Waals surface area contributed by atoms with E-state index < -0.39 is 0 Å². The van der Waals surface area contributed by atoms with Gasteiger partial charge < -0.3 is 23.7 Å². The number of anilines is 1. The van der Waals surface area contributed by atoms with Gasteiger partial charge in [0, 0.05) is 33.2 Å². The Hall–Kier alpha value is -2.42. The number of aromatic nitrogens is 5. The van der Waals surface area contributed by atoms with Crippen LogP contribution in [0.15, 0.2) is 12.4 Å². The lowest BCUT2D eigenvalue weighted by Gasteiger charge is -2.24. The summed E-state index contributed by atoms with van der Waals surface area (Å²) in [5.41, 5.74) is 0. The molecular weight excluding hydrogens is 300 g/mol. The van der Waals surface area contributed by atoms with Gasteiger partial charge in [-0.05, 0) is 0 Å². The van der Waals surface area contributed by atoms with Crippen molar-refractivity contribution in [3.05, 3.63) is 18.2 Å². The maximum absolute atomic E-state index is 5.54. The third kappa shape index (κ3) is 2.91. The van der Waals surface area contributed by atoms with E-state index in [4.69, 9.17) is 14.2 Å². The third-order valence-corrected chi connectivity index (χ3v) is 4.00. The van der Waals surface area contributed by atoms with Crippen LogP contribution < -0.4 is 14.4 Å². The molecule has 9 heteroatoms. The summed E-state index contributed by atoms with van der Waals surface area (Å²) in [6, 6.07) is 2.05. The van der Waals surface area contributed by atoms with Crippen molar-refractivity contribution < 1.29 is 14.2 Å². The van der Waals surface area contributed by atoms with Crippen LogP contribution in [-0.2, 0) is 11.8 Å². The van der Waals surface area contributed by atoms with Gasteiger partial charge in [-0.25, -0.2) is 0 Å². The average Bonchev–Trinajstić information content (AvgIpc) is 3.19. The standard InChI is InChI=1S/C14H20N6O3/c1-19-8-15-18-13(19)10-5-9(21-2)7-20(10)11-6-12(22-3)17-14(16-11)23-4/h6,8-10H,5,7H2,1-4H3/t9-,10+/m1/s1. The van der Waals surface area contributed by atoms with Crippen molar-refractivity contribution in [1.82, 2.24) is 24.7 Å². The Morgan fingerprint density at radius 3 is 2.61 bits per heavy atom. The molecule has 1 aliphatic heterocycles. The number of nitrogens with zero attached hydrogens (tertiary/aromatic N) is 6. The fourth-order valence-corrected chi connectivity index (χ4v) is 2.80. The normalized spacial score (nSPS) is 20.8. The molecule has 0 radical (unpaired) electrons. The first-order valence-corrected chi connectivity index (χ1v) is 7.26. The third-order valence-electron chi connectivity index (χ3n) is 4.00. The molecule has 0 spiro atoms. The summed E-state index contributed by atoms with van der Waals surface area (Å²) >= 11 is 0. The molecule has 0 N–H and O–H groups in total. The van der Waals surface area contributed by atoms with E-state index in [0.717, 1.165) is 12.2 Å². The van der Waals surface area contributed by atoms with Crippen LogP contribution in [0.25, 0.3) is 0 Å². The van der Waals surface area contributed by atoms with Crippen molar-refractivity contribution in [1.29, 1.82) is 0 Å². The van der Waals surface area contributed by atoms with Gasteiger partial charge in [0.15, 0.2) is 5.82 Å². The topological polar surface area (TPSA) is 87.4 Å². The van der Waals surface area contributed by atoms with Crippen LogP contribution in [0.1, 0.15) is 18.3 Å². The second-order valence-electron chi connectivity index (χ2n) is 5.32. The van der Waals surface area contributed by atoms with Crippen LogP contribution in [-0.4, -0.2) is 58.7 Å².